The van der Waals surface area contributed by atoms with Crippen LogP contribution < -0.4 is 11.1 Å². The van der Waals surface area contributed by atoms with E-state index >= 15 is 0 Å². The fraction of sp³-hybridized carbons (Fsp3) is 0.429. The van der Waals surface area contributed by atoms with Crippen LogP contribution in [0, 0.1) is 5.92 Å². The largest absolute Gasteiger partial charge is 0.354 e. The van der Waals surface area contributed by atoms with Crippen LogP contribution in [0.4, 0.5) is 0 Å². The second-order valence-corrected chi connectivity index (χ2v) is 4.94. The Morgan fingerprint density at radius 1 is 1.45 bits per heavy atom. The van der Waals surface area contributed by atoms with Crippen molar-refractivity contribution in [1.29, 1.82) is 0 Å². The maximum atomic E-state index is 11.9. The van der Waals surface area contributed by atoms with Crippen molar-refractivity contribution < 1.29 is 9.59 Å². The van der Waals surface area contributed by atoms with Crippen LogP contribution in [0.3, 0.4) is 0 Å². The molecule has 2 amide bonds. The third kappa shape index (κ3) is 3.95. The van der Waals surface area contributed by atoms with Crippen LogP contribution in [0.5, 0.6) is 0 Å². The molecule has 1 heterocycles. The molecular weight excluding hydrogens is 278 g/mol. The summed E-state index contributed by atoms with van der Waals surface area (Å²) in [5.74, 6) is -0.322. The number of hydrogen-bond acceptors (Lipinski definition) is 3. The number of carbonyl (C=O) groups is 2. The Kier molecular flexibility index (Phi) is 5.98. The average molecular weight is 298 g/mol. The second-order valence-electron chi connectivity index (χ2n) is 4.94. The number of halogens is 1. The minimum absolute atomic E-state index is 0. The third-order valence-corrected chi connectivity index (χ3v) is 3.44. The lowest BCUT2D eigenvalue weighted by atomic mass is 10.1. The Morgan fingerprint density at radius 2 is 2.10 bits per heavy atom. The molecule has 0 aromatic heterocycles. The Bertz CT molecular complexity index is 467. The molecule has 6 heteroatoms. The van der Waals surface area contributed by atoms with Gasteiger partial charge < -0.3 is 16.0 Å². The molecule has 0 saturated carbocycles. The van der Waals surface area contributed by atoms with Crippen LogP contribution in [0.25, 0.3) is 0 Å². The van der Waals surface area contributed by atoms with E-state index in [0.717, 1.165) is 5.56 Å². The van der Waals surface area contributed by atoms with Crippen LogP contribution in [-0.4, -0.2) is 36.9 Å². The van der Waals surface area contributed by atoms with Crippen LogP contribution in [-0.2, 0) is 9.59 Å². The zero-order valence-corrected chi connectivity index (χ0v) is 12.2. The molecule has 2 atom stereocenters. The van der Waals surface area contributed by atoms with Crippen molar-refractivity contribution >= 4 is 24.2 Å². The highest BCUT2D eigenvalue weighted by Crippen LogP contribution is 2.16. The van der Waals surface area contributed by atoms with Crippen molar-refractivity contribution in [3.63, 3.8) is 0 Å². The summed E-state index contributed by atoms with van der Waals surface area (Å²) >= 11 is 0. The summed E-state index contributed by atoms with van der Waals surface area (Å²) in [6, 6.07) is 9.41. The second kappa shape index (κ2) is 7.26. The first-order valence-corrected chi connectivity index (χ1v) is 6.40. The lowest BCUT2D eigenvalue weighted by Gasteiger charge is -2.15. The monoisotopic (exact) mass is 297 g/mol. The fourth-order valence-corrected chi connectivity index (χ4v) is 2.21. The first-order chi connectivity index (χ1) is 9.08. The number of nitrogens with one attached hydrogen (secondary N) is 1. The van der Waals surface area contributed by atoms with Gasteiger partial charge in [0, 0.05) is 32.6 Å². The van der Waals surface area contributed by atoms with E-state index in [1.807, 2.05) is 30.3 Å². The first kappa shape index (κ1) is 16.5. The summed E-state index contributed by atoms with van der Waals surface area (Å²) in [5, 5.41) is 2.82. The Morgan fingerprint density at radius 3 is 2.65 bits per heavy atom. The summed E-state index contributed by atoms with van der Waals surface area (Å²) in [7, 11) is 1.71. The van der Waals surface area contributed by atoms with E-state index in [1.165, 1.54) is 0 Å². The fourth-order valence-electron chi connectivity index (χ4n) is 2.21. The molecule has 5 nitrogen and oxygen atoms in total. The maximum Gasteiger partial charge on any atom is 0.225 e. The number of rotatable bonds is 4. The number of carbonyl (C=O) groups excluding carboxylic acids is 2. The van der Waals surface area contributed by atoms with Crippen molar-refractivity contribution in [1.82, 2.24) is 10.2 Å². The molecule has 1 aromatic carbocycles. The van der Waals surface area contributed by atoms with Gasteiger partial charge in [0.2, 0.25) is 11.8 Å². The Hall–Kier alpha value is -1.59. The topological polar surface area (TPSA) is 75.4 Å². The molecule has 0 radical (unpaired) electrons. The zero-order chi connectivity index (χ0) is 13.8. The summed E-state index contributed by atoms with van der Waals surface area (Å²) in [6.07, 6.45) is 0.295. The third-order valence-electron chi connectivity index (χ3n) is 3.44. The van der Waals surface area contributed by atoms with Gasteiger partial charge in [-0.1, -0.05) is 30.3 Å². The van der Waals surface area contributed by atoms with Crippen molar-refractivity contribution in [3.05, 3.63) is 35.9 Å². The summed E-state index contributed by atoms with van der Waals surface area (Å²) in [5.41, 5.74) is 6.99. The molecule has 1 aliphatic heterocycles. The van der Waals surface area contributed by atoms with Gasteiger partial charge in [0.05, 0.1) is 5.92 Å². The van der Waals surface area contributed by atoms with Crippen molar-refractivity contribution in [2.24, 2.45) is 11.7 Å². The van der Waals surface area contributed by atoms with Gasteiger partial charge in [0.15, 0.2) is 0 Å². The van der Waals surface area contributed by atoms with Crippen LogP contribution in [0.15, 0.2) is 30.3 Å². The predicted molar refractivity (Wildman–Crippen MR) is 79.4 cm³/mol. The van der Waals surface area contributed by atoms with Crippen LogP contribution in [0.2, 0.25) is 0 Å². The molecule has 1 saturated heterocycles. The Balaban J connectivity index is 0.00000200. The molecule has 1 aromatic rings. The number of nitrogens with two attached hydrogens (primary N) is 1. The highest BCUT2D eigenvalue weighted by molar-refractivity contribution is 5.89. The molecule has 2 unspecified atom stereocenters. The van der Waals surface area contributed by atoms with Gasteiger partial charge in [0.1, 0.15) is 0 Å². The Labute approximate surface area is 124 Å². The predicted octanol–water partition coefficient (Wildman–Crippen LogP) is 0.703. The number of nitrogens with zero attached hydrogens (tertiary/aromatic N) is 1. The van der Waals surface area contributed by atoms with Gasteiger partial charge in [-0.3, -0.25) is 9.59 Å². The van der Waals surface area contributed by atoms with Gasteiger partial charge in [-0.25, -0.2) is 0 Å². The molecule has 0 aliphatic carbocycles. The number of amides is 2. The highest BCUT2D eigenvalue weighted by atomic mass is 35.5. The van der Waals surface area contributed by atoms with E-state index in [0.29, 0.717) is 19.5 Å². The molecular formula is C14H20ClN3O2. The summed E-state index contributed by atoms with van der Waals surface area (Å²) in [6.45, 7) is 0.877. The standard InChI is InChI=1S/C14H19N3O2.ClH/c1-17-9-11(7-13(17)18)14(19)16-8-12(15)10-5-3-2-4-6-10;/h2-6,11-12H,7-9,15H2,1H3,(H,16,19);1H. The lowest BCUT2D eigenvalue weighted by Crippen LogP contribution is -2.36. The van der Waals surface area contributed by atoms with Crippen molar-refractivity contribution in [3.8, 4) is 0 Å². The molecule has 1 fully saturated rings. The van der Waals surface area contributed by atoms with E-state index in [2.05, 4.69) is 5.32 Å². The highest BCUT2D eigenvalue weighted by Gasteiger charge is 2.31. The molecule has 110 valence electrons. The minimum atomic E-state index is -0.250. The smallest absolute Gasteiger partial charge is 0.225 e. The minimum Gasteiger partial charge on any atom is -0.354 e. The lowest BCUT2D eigenvalue weighted by molar-refractivity contribution is -0.128. The van der Waals surface area contributed by atoms with E-state index in [1.54, 1.807) is 11.9 Å². The molecule has 1 aliphatic rings. The first-order valence-electron chi connectivity index (χ1n) is 6.40. The number of benzene rings is 1. The van der Waals surface area contributed by atoms with Crippen molar-refractivity contribution in [2.75, 3.05) is 20.1 Å². The molecule has 2 rings (SSSR count). The van der Waals surface area contributed by atoms with Crippen LogP contribution >= 0.6 is 12.4 Å². The van der Waals surface area contributed by atoms with E-state index in [9.17, 15) is 9.59 Å². The summed E-state index contributed by atoms with van der Waals surface area (Å²) < 4.78 is 0. The molecule has 3 N–H and O–H groups in total. The molecule has 20 heavy (non-hydrogen) atoms. The van der Waals surface area contributed by atoms with E-state index in [-0.39, 0.29) is 36.2 Å². The quantitative estimate of drug-likeness (QED) is 0.859. The van der Waals surface area contributed by atoms with Gasteiger partial charge in [-0.2, -0.15) is 0 Å². The summed E-state index contributed by atoms with van der Waals surface area (Å²) in [4.78, 5) is 24.9. The van der Waals surface area contributed by atoms with Crippen molar-refractivity contribution in [2.45, 2.75) is 12.5 Å². The van der Waals surface area contributed by atoms with Gasteiger partial charge in [-0.05, 0) is 5.56 Å². The molecule has 0 bridgehead atoms. The number of likely N-dealkylation sites (tertiary alicyclic amines) is 1. The SMILES string of the molecule is CN1CC(C(=O)NCC(N)c2ccccc2)CC1=O.Cl. The normalized spacial score (nSPS) is 19.4. The van der Waals surface area contributed by atoms with E-state index in [4.69, 9.17) is 5.73 Å². The zero-order valence-electron chi connectivity index (χ0n) is 11.4. The van der Waals surface area contributed by atoms with Gasteiger partial charge in [0.25, 0.3) is 0 Å². The van der Waals surface area contributed by atoms with Gasteiger partial charge >= 0.3 is 0 Å². The number of hydrogen-bond donors (Lipinski definition) is 2. The maximum absolute atomic E-state index is 11.9. The van der Waals surface area contributed by atoms with Crippen LogP contribution in [0.1, 0.15) is 18.0 Å². The average Bonchev–Trinajstić information content (AvgIpc) is 2.77. The molecule has 0 spiro atoms. The van der Waals surface area contributed by atoms with Gasteiger partial charge in [-0.15, -0.1) is 12.4 Å². The van der Waals surface area contributed by atoms with E-state index < -0.39 is 0 Å².